The molecular weight excluding hydrogens is 174 g/mol. The maximum Gasteiger partial charge on any atom is 0.160 e. The third-order valence-corrected chi connectivity index (χ3v) is 2.23. The summed E-state index contributed by atoms with van der Waals surface area (Å²) in [5.74, 6) is 0. The maximum atomic E-state index is 10.5. The first kappa shape index (κ1) is 9.06. The van der Waals surface area contributed by atoms with E-state index in [1.807, 2.05) is 30.3 Å². The minimum absolute atomic E-state index is 0.512. The lowest BCUT2D eigenvalue weighted by molar-refractivity contribution is 0.608. The van der Waals surface area contributed by atoms with Crippen LogP contribution in [0.15, 0.2) is 30.3 Å². The molecule has 0 spiro atoms. The molecule has 0 saturated heterocycles. The number of benzene rings is 1. The second-order valence-electron chi connectivity index (χ2n) is 2.47. The summed E-state index contributed by atoms with van der Waals surface area (Å²) in [4.78, 5) is 0. The highest BCUT2D eigenvalue weighted by atomic mass is 32.2. The van der Waals surface area contributed by atoms with Crippen molar-refractivity contribution in [3.8, 4) is 0 Å². The van der Waals surface area contributed by atoms with E-state index in [1.165, 1.54) is 0 Å². The van der Waals surface area contributed by atoms with E-state index in [0.29, 0.717) is 0 Å². The summed E-state index contributed by atoms with van der Waals surface area (Å²) >= 11 is 0. The molecule has 4 heteroatoms. The standard InChI is InChI=1S/C8H11NO2S/c1-7(12(10)11)9-8-5-3-2-4-6-8/h2-7,9,12H,1H3. The van der Waals surface area contributed by atoms with Crippen LogP contribution in [0.4, 0.5) is 5.69 Å². The molecule has 0 heterocycles. The first-order valence-corrected chi connectivity index (χ1v) is 4.90. The van der Waals surface area contributed by atoms with Crippen molar-refractivity contribution in [2.24, 2.45) is 0 Å². The molecule has 1 N–H and O–H groups in total. The lowest BCUT2D eigenvalue weighted by atomic mass is 10.3. The molecule has 1 unspecified atom stereocenters. The summed E-state index contributed by atoms with van der Waals surface area (Å²) in [5, 5.41) is 2.33. The van der Waals surface area contributed by atoms with Crippen LogP contribution in [0.2, 0.25) is 0 Å². The van der Waals surface area contributed by atoms with Crippen LogP contribution in [0, 0.1) is 0 Å². The molecular formula is C8H11NO2S. The second kappa shape index (κ2) is 4.11. The van der Waals surface area contributed by atoms with Gasteiger partial charge in [-0.05, 0) is 19.1 Å². The molecule has 0 saturated carbocycles. The van der Waals surface area contributed by atoms with Gasteiger partial charge in [-0.25, -0.2) is 8.42 Å². The fourth-order valence-electron chi connectivity index (χ4n) is 0.828. The second-order valence-corrected chi connectivity index (χ2v) is 3.82. The van der Waals surface area contributed by atoms with E-state index in [-0.39, 0.29) is 0 Å². The number of anilines is 1. The van der Waals surface area contributed by atoms with E-state index in [0.717, 1.165) is 5.69 Å². The Morgan fingerprint density at radius 2 is 1.83 bits per heavy atom. The van der Waals surface area contributed by atoms with E-state index in [9.17, 15) is 8.42 Å². The molecule has 3 nitrogen and oxygen atoms in total. The Bertz CT molecular complexity index is 300. The van der Waals surface area contributed by atoms with Gasteiger partial charge in [0.2, 0.25) is 0 Å². The first-order chi connectivity index (χ1) is 5.70. The molecule has 0 aliphatic heterocycles. The number of hydrogen-bond donors (Lipinski definition) is 2. The summed E-state index contributed by atoms with van der Waals surface area (Å²) in [6.07, 6.45) is 0. The molecule has 66 valence electrons. The van der Waals surface area contributed by atoms with Crippen LogP contribution >= 0.6 is 0 Å². The van der Waals surface area contributed by atoms with Gasteiger partial charge in [-0.2, -0.15) is 0 Å². The Kier molecular flexibility index (Phi) is 3.10. The Hall–Kier alpha value is -1.03. The van der Waals surface area contributed by atoms with Crippen LogP contribution in [0.5, 0.6) is 0 Å². The van der Waals surface area contributed by atoms with Gasteiger partial charge in [0.05, 0.1) is 0 Å². The van der Waals surface area contributed by atoms with Crippen LogP contribution in [-0.2, 0) is 10.7 Å². The average molecular weight is 185 g/mol. The fraction of sp³-hybridized carbons (Fsp3) is 0.250. The highest BCUT2D eigenvalue weighted by Crippen LogP contribution is 2.06. The number of nitrogens with one attached hydrogen (secondary N) is 1. The van der Waals surface area contributed by atoms with E-state index < -0.39 is 16.1 Å². The third-order valence-electron chi connectivity index (χ3n) is 1.47. The molecule has 1 rings (SSSR count). The van der Waals surface area contributed by atoms with E-state index >= 15 is 0 Å². The molecule has 0 aliphatic rings. The van der Waals surface area contributed by atoms with Crippen LogP contribution in [0.3, 0.4) is 0 Å². The third kappa shape index (κ3) is 2.54. The van der Waals surface area contributed by atoms with Crippen LogP contribution in [0.25, 0.3) is 0 Å². The molecule has 12 heavy (non-hydrogen) atoms. The Morgan fingerprint density at radius 3 is 2.33 bits per heavy atom. The number of hydrogen-bond acceptors (Lipinski definition) is 3. The quantitative estimate of drug-likeness (QED) is 0.692. The van der Waals surface area contributed by atoms with Gasteiger partial charge in [0.25, 0.3) is 0 Å². The number of para-hydroxylation sites is 1. The topological polar surface area (TPSA) is 46.2 Å². The highest BCUT2D eigenvalue weighted by Gasteiger charge is 2.01. The largest absolute Gasteiger partial charge is 0.370 e. The zero-order valence-corrected chi connectivity index (χ0v) is 7.62. The lowest BCUT2D eigenvalue weighted by Gasteiger charge is -2.07. The van der Waals surface area contributed by atoms with Gasteiger partial charge in [-0.15, -0.1) is 0 Å². The van der Waals surface area contributed by atoms with Crippen molar-refractivity contribution in [3.63, 3.8) is 0 Å². The SMILES string of the molecule is CC(Nc1ccccc1)[SH](=O)=O. The molecule has 1 aromatic carbocycles. The molecule has 0 radical (unpaired) electrons. The van der Waals surface area contributed by atoms with Gasteiger partial charge < -0.3 is 5.32 Å². The molecule has 0 amide bonds. The van der Waals surface area contributed by atoms with Crippen LogP contribution in [-0.4, -0.2) is 13.8 Å². The van der Waals surface area contributed by atoms with Crippen molar-refractivity contribution in [1.29, 1.82) is 0 Å². The minimum atomic E-state index is -2.40. The first-order valence-electron chi connectivity index (χ1n) is 3.65. The number of thiol groups is 1. The Balaban J connectivity index is 2.64. The number of rotatable bonds is 3. The van der Waals surface area contributed by atoms with Gasteiger partial charge in [-0.3, -0.25) is 0 Å². The van der Waals surface area contributed by atoms with Crippen molar-refractivity contribution in [2.45, 2.75) is 12.3 Å². The normalized spacial score (nSPS) is 12.8. The van der Waals surface area contributed by atoms with Crippen LogP contribution in [0.1, 0.15) is 6.92 Å². The maximum absolute atomic E-state index is 10.5. The van der Waals surface area contributed by atoms with E-state index in [1.54, 1.807) is 6.92 Å². The van der Waals surface area contributed by atoms with E-state index in [4.69, 9.17) is 0 Å². The zero-order chi connectivity index (χ0) is 8.97. The average Bonchev–Trinajstić information content (AvgIpc) is 2.06. The fourth-order valence-corrected chi connectivity index (χ4v) is 1.08. The monoisotopic (exact) mass is 185 g/mol. The van der Waals surface area contributed by atoms with Gasteiger partial charge in [0.1, 0.15) is 5.37 Å². The molecule has 1 aromatic rings. The molecule has 1 atom stereocenters. The van der Waals surface area contributed by atoms with Crippen molar-refractivity contribution in [3.05, 3.63) is 30.3 Å². The Labute approximate surface area is 73.4 Å². The van der Waals surface area contributed by atoms with Gasteiger partial charge in [0, 0.05) is 5.69 Å². The van der Waals surface area contributed by atoms with E-state index in [2.05, 4.69) is 5.32 Å². The van der Waals surface area contributed by atoms with Crippen LogP contribution < -0.4 is 5.32 Å². The predicted molar refractivity (Wildman–Crippen MR) is 49.8 cm³/mol. The summed E-state index contributed by atoms with van der Waals surface area (Å²) in [5.41, 5.74) is 0.823. The van der Waals surface area contributed by atoms with Crippen molar-refractivity contribution in [2.75, 3.05) is 5.32 Å². The summed E-state index contributed by atoms with van der Waals surface area (Å²) in [7, 11) is -2.40. The Morgan fingerprint density at radius 1 is 1.25 bits per heavy atom. The summed E-state index contributed by atoms with van der Waals surface area (Å²) < 4.78 is 21.0. The smallest absolute Gasteiger partial charge is 0.160 e. The van der Waals surface area contributed by atoms with Gasteiger partial charge >= 0.3 is 0 Å². The zero-order valence-electron chi connectivity index (χ0n) is 6.73. The summed E-state index contributed by atoms with van der Waals surface area (Å²) in [6.45, 7) is 1.61. The molecule has 0 bridgehead atoms. The molecule has 0 fully saturated rings. The molecule has 0 aliphatic carbocycles. The molecule has 0 aromatic heterocycles. The van der Waals surface area contributed by atoms with Gasteiger partial charge in [-0.1, -0.05) is 18.2 Å². The minimum Gasteiger partial charge on any atom is -0.370 e. The van der Waals surface area contributed by atoms with Gasteiger partial charge in [0.15, 0.2) is 10.7 Å². The van der Waals surface area contributed by atoms with Crippen molar-refractivity contribution >= 4 is 16.4 Å². The predicted octanol–water partition coefficient (Wildman–Crippen LogP) is 1.06. The highest BCUT2D eigenvalue weighted by molar-refractivity contribution is 7.73. The van der Waals surface area contributed by atoms with Crippen molar-refractivity contribution in [1.82, 2.24) is 0 Å². The summed E-state index contributed by atoms with van der Waals surface area (Å²) in [6, 6.07) is 9.25. The lowest BCUT2D eigenvalue weighted by Crippen LogP contribution is -2.16. The van der Waals surface area contributed by atoms with Crippen molar-refractivity contribution < 1.29 is 8.42 Å².